The molecule has 1 nitrogen and oxygen atoms in total. The van der Waals surface area contributed by atoms with Crippen molar-refractivity contribution in [2.75, 3.05) is 5.33 Å². The molecule has 0 aliphatic rings. The molecule has 1 rings (SSSR count). The average Bonchev–Trinajstić information content (AvgIpc) is 2.18. The Morgan fingerprint density at radius 2 is 2.14 bits per heavy atom. The minimum absolute atomic E-state index is 0.215. The molecule has 0 aliphatic carbocycles. The summed E-state index contributed by atoms with van der Waals surface area (Å²) in [5.74, 6) is 0.215. The zero-order valence-corrected chi connectivity index (χ0v) is 10.2. The number of rotatable bonds is 4. The molecule has 0 spiro atoms. The van der Waals surface area contributed by atoms with Gasteiger partial charge in [-0.05, 0) is 30.5 Å². The van der Waals surface area contributed by atoms with Crippen molar-refractivity contribution >= 4 is 21.7 Å². The third-order valence-electron chi connectivity index (χ3n) is 2.37. The van der Waals surface area contributed by atoms with Gasteiger partial charge in [-0.15, -0.1) is 0 Å². The molecule has 0 aromatic heterocycles. The van der Waals surface area contributed by atoms with E-state index in [0.717, 1.165) is 17.3 Å². The fourth-order valence-corrected chi connectivity index (χ4v) is 1.86. The lowest BCUT2D eigenvalue weighted by atomic mass is 10.0. The largest absolute Gasteiger partial charge is 0.294 e. The van der Waals surface area contributed by atoms with Crippen molar-refractivity contribution in [2.24, 2.45) is 0 Å². The van der Waals surface area contributed by atoms with Gasteiger partial charge in [0.1, 0.15) is 0 Å². The zero-order valence-electron chi connectivity index (χ0n) is 8.64. The zero-order chi connectivity index (χ0) is 10.6. The topological polar surface area (TPSA) is 17.1 Å². The van der Waals surface area contributed by atoms with Gasteiger partial charge in [0.15, 0.2) is 5.78 Å². The average molecular weight is 255 g/mol. The molecule has 0 saturated heterocycles. The maximum atomic E-state index is 11.6. The van der Waals surface area contributed by atoms with Crippen molar-refractivity contribution in [3.8, 4) is 0 Å². The first-order valence-electron chi connectivity index (χ1n) is 4.87. The van der Waals surface area contributed by atoms with Gasteiger partial charge < -0.3 is 0 Å². The Balaban J connectivity index is 2.91. The Hall–Kier alpha value is -0.630. The van der Waals surface area contributed by atoms with E-state index in [2.05, 4.69) is 35.8 Å². The van der Waals surface area contributed by atoms with Gasteiger partial charge in [-0.3, -0.25) is 4.79 Å². The van der Waals surface area contributed by atoms with Crippen LogP contribution in [-0.4, -0.2) is 11.1 Å². The lowest BCUT2D eigenvalue weighted by Gasteiger charge is -2.05. The molecule has 0 heterocycles. The molecule has 0 amide bonds. The summed E-state index contributed by atoms with van der Waals surface area (Å²) in [5, 5.41) is 0.737. The fourth-order valence-electron chi connectivity index (χ4n) is 1.50. The molecule has 0 radical (unpaired) electrons. The molecular weight excluding hydrogens is 240 g/mol. The van der Waals surface area contributed by atoms with E-state index in [1.165, 1.54) is 11.1 Å². The minimum Gasteiger partial charge on any atom is -0.294 e. The van der Waals surface area contributed by atoms with Crippen LogP contribution in [0.4, 0.5) is 0 Å². The van der Waals surface area contributed by atoms with Crippen LogP contribution in [0, 0.1) is 6.92 Å². The smallest absolute Gasteiger partial charge is 0.163 e. The Morgan fingerprint density at radius 1 is 1.43 bits per heavy atom. The Bertz CT molecular complexity index is 331. The van der Waals surface area contributed by atoms with Gasteiger partial charge in [0.05, 0.1) is 0 Å². The van der Waals surface area contributed by atoms with E-state index in [0.29, 0.717) is 6.42 Å². The van der Waals surface area contributed by atoms with Crippen molar-refractivity contribution in [3.05, 3.63) is 34.9 Å². The predicted octanol–water partition coefficient (Wildman–Crippen LogP) is 3.53. The summed E-state index contributed by atoms with van der Waals surface area (Å²) < 4.78 is 0. The fraction of sp³-hybridized carbons (Fsp3) is 0.417. The lowest BCUT2D eigenvalue weighted by molar-refractivity contribution is 0.0990. The van der Waals surface area contributed by atoms with Crippen molar-refractivity contribution in [2.45, 2.75) is 26.7 Å². The Morgan fingerprint density at radius 3 is 2.64 bits per heavy atom. The highest BCUT2D eigenvalue weighted by Gasteiger charge is 2.05. The number of halogens is 1. The van der Waals surface area contributed by atoms with Crippen LogP contribution in [0.1, 0.15) is 34.8 Å². The van der Waals surface area contributed by atoms with Crippen molar-refractivity contribution in [1.82, 2.24) is 0 Å². The molecule has 2 heteroatoms. The van der Waals surface area contributed by atoms with Gasteiger partial charge >= 0.3 is 0 Å². The SMILES string of the molecule is CCc1ccc(C(=O)CCBr)cc1C. The number of ketones is 1. The monoisotopic (exact) mass is 254 g/mol. The highest BCUT2D eigenvalue weighted by Crippen LogP contribution is 2.13. The predicted molar refractivity (Wildman–Crippen MR) is 63.3 cm³/mol. The molecule has 0 unspecified atom stereocenters. The summed E-state index contributed by atoms with van der Waals surface area (Å²) in [6.07, 6.45) is 1.60. The summed E-state index contributed by atoms with van der Waals surface area (Å²) in [5.41, 5.74) is 3.37. The Kier molecular flexibility index (Phi) is 4.33. The third kappa shape index (κ3) is 2.68. The maximum absolute atomic E-state index is 11.6. The normalized spacial score (nSPS) is 10.2. The number of alkyl halides is 1. The molecule has 0 aliphatic heterocycles. The second kappa shape index (κ2) is 5.30. The number of hydrogen-bond donors (Lipinski definition) is 0. The van der Waals surface area contributed by atoms with E-state index in [1.807, 2.05) is 12.1 Å². The maximum Gasteiger partial charge on any atom is 0.163 e. The quantitative estimate of drug-likeness (QED) is 0.594. The highest BCUT2D eigenvalue weighted by molar-refractivity contribution is 9.09. The van der Waals surface area contributed by atoms with Crippen LogP contribution in [0.15, 0.2) is 18.2 Å². The first-order chi connectivity index (χ1) is 6.69. The van der Waals surface area contributed by atoms with E-state index in [4.69, 9.17) is 0 Å². The van der Waals surface area contributed by atoms with Crippen molar-refractivity contribution < 1.29 is 4.79 Å². The van der Waals surface area contributed by atoms with Gasteiger partial charge in [-0.25, -0.2) is 0 Å². The van der Waals surface area contributed by atoms with Crippen LogP contribution in [0.25, 0.3) is 0 Å². The van der Waals surface area contributed by atoms with E-state index >= 15 is 0 Å². The molecule has 1 aromatic rings. The summed E-state index contributed by atoms with van der Waals surface area (Å²) in [6, 6.07) is 5.97. The summed E-state index contributed by atoms with van der Waals surface area (Å²) in [7, 11) is 0. The van der Waals surface area contributed by atoms with Crippen molar-refractivity contribution in [3.63, 3.8) is 0 Å². The molecular formula is C12H15BrO. The molecule has 0 fully saturated rings. The van der Waals surface area contributed by atoms with Gasteiger partial charge in [0.25, 0.3) is 0 Å². The first-order valence-corrected chi connectivity index (χ1v) is 6.00. The molecule has 0 N–H and O–H groups in total. The van der Waals surface area contributed by atoms with E-state index < -0.39 is 0 Å². The number of aryl methyl sites for hydroxylation is 2. The number of Topliss-reactive ketones (excluding diaryl/α,β-unsaturated/α-hetero) is 1. The summed E-state index contributed by atoms with van der Waals surface area (Å²) in [4.78, 5) is 11.6. The van der Waals surface area contributed by atoms with Crippen molar-refractivity contribution in [1.29, 1.82) is 0 Å². The second-order valence-corrected chi connectivity index (χ2v) is 4.15. The highest BCUT2D eigenvalue weighted by atomic mass is 79.9. The molecule has 14 heavy (non-hydrogen) atoms. The van der Waals surface area contributed by atoms with Gasteiger partial charge in [-0.1, -0.05) is 35.0 Å². The van der Waals surface area contributed by atoms with Crippen LogP contribution in [-0.2, 0) is 6.42 Å². The van der Waals surface area contributed by atoms with Gasteiger partial charge in [-0.2, -0.15) is 0 Å². The molecule has 1 aromatic carbocycles. The van der Waals surface area contributed by atoms with Crippen LogP contribution < -0.4 is 0 Å². The number of hydrogen-bond acceptors (Lipinski definition) is 1. The lowest BCUT2D eigenvalue weighted by Crippen LogP contribution is -2.00. The van der Waals surface area contributed by atoms with Crippen LogP contribution in [0.3, 0.4) is 0 Å². The summed E-state index contributed by atoms with van der Waals surface area (Å²) in [6.45, 7) is 4.19. The Labute approximate surface area is 93.7 Å². The standard InChI is InChI=1S/C12H15BrO/c1-3-10-4-5-11(8-9(10)2)12(14)6-7-13/h4-5,8H,3,6-7H2,1-2H3. The van der Waals surface area contributed by atoms with Crippen LogP contribution >= 0.6 is 15.9 Å². The second-order valence-electron chi connectivity index (χ2n) is 3.36. The molecule has 0 saturated carbocycles. The van der Waals surface area contributed by atoms with Crippen LogP contribution in [0.5, 0.6) is 0 Å². The van der Waals surface area contributed by atoms with E-state index in [1.54, 1.807) is 0 Å². The number of carbonyl (C=O) groups excluding carboxylic acids is 1. The summed E-state index contributed by atoms with van der Waals surface area (Å²) >= 11 is 3.27. The molecule has 0 atom stereocenters. The number of benzene rings is 1. The van der Waals surface area contributed by atoms with Gasteiger partial charge in [0.2, 0.25) is 0 Å². The van der Waals surface area contributed by atoms with E-state index in [-0.39, 0.29) is 5.78 Å². The number of carbonyl (C=O) groups is 1. The minimum atomic E-state index is 0.215. The van der Waals surface area contributed by atoms with Crippen LogP contribution in [0.2, 0.25) is 0 Å². The molecule has 0 bridgehead atoms. The first kappa shape index (κ1) is 11.4. The molecule has 76 valence electrons. The van der Waals surface area contributed by atoms with Gasteiger partial charge in [0, 0.05) is 17.3 Å². The van der Waals surface area contributed by atoms with E-state index in [9.17, 15) is 4.79 Å². The third-order valence-corrected chi connectivity index (χ3v) is 2.76.